The van der Waals surface area contributed by atoms with E-state index in [-0.39, 0.29) is 24.1 Å². The number of esters is 2. The van der Waals surface area contributed by atoms with Crippen LogP contribution in [0.3, 0.4) is 0 Å². The second-order valence-corrected chi connectivity index (χ2v) is 6.31. The van der Waals surface area contributed by atoms with Crippen molar-refractivity contribution in [1.29, 1.82) is 0 Å². The maximum Gasteiger partial charge on any atom is 0.330 e. The molecule has 2 atom stereocenters. The highest BCUT2D eigenvalue weighted by molar-refractivity contribution is 5.81. The van der Waals surface area contributed by atoms with Crippen LogP contribution in [0.1, 0.15) is 78.1 Å². The van der Waals surface area contributed by atoms with Gasteiger partial charge < -0.3 is 9.47 Å². The first-order chi connectivity index (χ1) is 11.5. The lowest BCUT2D eigenvalue weighted by molar-refractivity contribution is -0.143. The van der Waals surface area contributed by atoms with E-state index in [1.807, 2.05) is 13.8 Å². The van der Waals surface area contributed by atoms with Crippen LogP contribution in [0.4, 0.5) is 0 Å². The molecule has 4 heteroatoms. The Morgan fingerprint density at radius 2 is 1.00 bits per heavy atom. The molecule has 2 unspecified atom stereocenters. The highest BCUT2D eigenvalue weighted by Crippen LogP contribution is 2.13. The number of ether oxygens (including phenoxy) is 2. The van der Waals surface area contributed by atoms with Gasteiger partial charge >= 0.3 is 11.9 Å². The molecule has 0 spiro atoms. The van der Waals surface area contributed by atoms with Gasteiger partial charge in [0.25, 0.3) is 0 Å². The molecular formula is C20H34O4. The molecule has 0 aliphatic rings. The van der Waals surface area contributed by atoms with Gasteiger partial charge in [-0.3, -0.25) is 0 Å². The molecule has 0 saturated carbocycles. The fraction of sp³-hybridized carbons (Fsp3) is 0.700. The number of hydrogen-bond donors (Lipinski definition) is 0. The van der Waals surface area contributed by atoms with Crippen molar-refractivity contribution in [3.63, 3.8) is 0 Å². The van der Waals surface area contributed by atoms with E-state index >= 15 is 0 Å². The van der Waals surface area contributed by atoms with E-state index in [1.54, 1.807) is 0 Å². The normalized spacial score (nSPS) is 12.9. The Morgan fingerprint density at radius 3 is 1.29 bits per heavy atom. The largest absolute Gasteiger partial charge is 0.460 e. The van der Waals surface area contributed by atoms with Crippen molar-refractivity contribution in [1.82, 2.24) is 0 Å². The van der Waals surface area contributed by atoms with Gasteiger partial charge in [0.2, 0.25) is 0 Å². The third-order valence-electron chi connectivity index (χ3n) is 3.94. The molecule has 0 saturated heterocycles. The third kappa shape index (κ3) is 14.0. The van der Waals surface area contributed by atoms with Crippen molar-refractivity contribution in [3.05, 3.63) is 25.3 Å². The van der Waals surface area contributed by atoms with Crippen molar-refractivity contribution in [2.45, 2.75) is 90.3 Å². The Balaban J connectivity index is 3.33. The van der Waals surface area contributed by atoms with Crippen LogP contribution in [0.25, 0.3) is 0 Å². The standard InChI is InChI=1S/C20H34O4/c1-5-19(21)23-17(3)15-13-11-9-7-8-10-12-14-16-18(4)24-20(22)6-2/h5-6,17-18H,1-2,7-16H2,3-4H3. The minimum Gasteiger partial charge on any atom is -0.460 e. The van der Waals surface area contributed by atoms with E-state index in [0.29, 0.717) is 0 Å². The molecule has 0 aromatic carbocycles. The molecule has 0 bridgehead atoms. The summed E-state index contributed by atoms with van der Waals surface area (Å²) in [6.45, 7) is 10.6. The van der Waals surface area contributed by atoms with Gasteiger partial charge in [0.1, 0.15) is 0 Å². The van der Waals surface area contributed by atoms with Crippen LogP contribution in [0, 0.1) is 0 Å². The first-order valence-corrected chi connectivity index (χ1v) is 9.15. The summed E-state index contributed by atoms with van der Waals surface area (Å²) in [6, 6.07) is 0. The number of hydrogen-bond acceptors (Lipinski definition) is 4. The minimum absolute atomic E-state index is 0.0207. The van der Waals surface area contributed by atoms with Gasteiger partial charge in [-0.05, 0) is 39.5 Å². The predicted octanol–water partition coefficient (Wildman–Crippen LogP) is 5.12. The zero-order chi connectivity index (χ0) is 18.2. The van der Waals surface area contributed by atoms with Crippen molar-refractivity contribution >= 4 is 11.9 Å². The molecule has 0 aliphatic carbocycles. The lowest BCUT2D eigenvalue weighted by atomic mass is 10.0. The first-order valence-electron chi connectivity index (χ1n) is 9.15. The Morgan fingerprint density at radius 1 is 0.708 bits per heavy atom. The van der Waals surface area contributed by atoms with Crippen LogP contribution in [0.2, 0.25) is 0 Å². The van der Waals surface area contributed by atoms with E-state index in [0.717, 1.165) is 25.7 Å². The molecule has 0 rings (SSSR count). The monoisotopic (exact) mass is 338 g/mol. The molecule has 4 nitrogen and oxygen atoms in total. The Kier molecular flexibility index (Phi) is 14.0. The summed E-state index contributed by atoms with van der Waals surface area (Å²) in [4.78, 5) is 22.0. The molecule has 0 fully saturated rings. The van der Waals surface area contributed by atoms with E-state index in [1.165, 1.54) is 50.7 Å². The summed E-state index contributed by atoms with van der Waals surface area (Å²) in [5, 5.41) is 0. The van der Waals surface area contributed by atoms with Crippen LogP contribution >= 0.6 is 0 Å². The Hall–Kier alpha value is -1.58. The highest BCUT2D eigenvalue weighted by atomic mass is 16.5. The molecule has 0 aromatic heterocycles. The minimum atomic E-state index is -0.337. The zero-order valence-electron chi connectivity index (χ0n) is 15.4. The topological polar surface area (TPSA) is 52.6 Å². The van der Waals surface area contributed by atoms with E-state index in [9.17, 15) is 9.59 Å². The molecule has 0 aromatic rings. The molecule has 138 valence electrons. The number of rotatable bonds is 15. The molecule has 0 radical (unpaired) electrons. The van der Waals surface area contributed by atoms with Crippen LogP contribution in [-0.2, 0) is 19.1 Å². The smallest absolute Gasteiger partial charge is 0.330 e. The average Bonchev–Trinajstić information content (AvgIpc) is 2.56. The fourth-order valence-corrected chi connectivity index (χ4v) is 2.53. The van der Waals surface area contributed by atoms with Gasteiger partial charge in [0, 0.05) is 12.2 Å². The molecule has 0 heterocycles. The summed E-state index contributed by atoms with van der Waals surface area (Å²) in [6.07, 6.45) is 13.7. The lowest BCUT2D eigenvalue weighted by Gasteiger charge is -2.12. The number of unbranched alkanes of at least 4 members (excludes halogenated alkanes) is 7. The summed E-state index contributed by atoms with van der Waals surface area (Å²) in [7, 11) is 0. The first kappa shape index (κ1) is 22.4. The van der Waals surface area contributed by atoms with Crippen LogP contribution in [0.5, 0.6) is 0 Å². The predicted molar refractivity (Wildman–Crippen MR) is 97.7 cm³/mol. The van der Waals surface area contributed by atoms with Gasteiger partial charge in [0.05, 0.1) is 12.2 Å². The Labute approximate surface area is 147 Å². The number of carbonyl (C=O) groups excluding carboxylic acids is 2. The molecule has 0 amide bonds. The van der Waals surface area contributed by atoms with Crippen molar-refractivity contribution in [2.24, 2.45) is 0 Å². The summed E-state index contributed by atoms with van der Waals surface area (Å²) in [5.41, 5.74) is 0. The van der Waals surface area contributed by atoms with Crippen molar-refractivity contribution in [3.8, 4) is 0 Å². The molecular weight excluding hydrogens is 304 g/mol. The quantitative estimate of drug-likeness (QED) is 0.236. The average molecular weight is 338 g/mol. The highest BCUT2D eigenvalue weighted by Gasteiger charge is 2.06. The summed E-state index contributed by atoms with van der Waals surface area (Å²) in [5.74, 6) is -0.674. The van der Waals surface area contributed by atoms with Gasteiger partial charge in [-0.15, -0.1) is 0 Å². The fourth-order valence-electron chi connectivity index (χ4n) is 2.53. The summed E-state index contributed by atoms with van der Waals surface area (Å²) >= 11 is 0. The zero-order valence-corrected chi connectivity index (χ0v) is 15.4. The number of carbonyl (C=O) groups is 2. The molecule has 24 heavy (non-hydrogen) atoms. The Bertz CT molecular complexity index is 340. The second kappa shape index (κ2) is 15.0. The van der Waals surface area contributed by atoms with Gasteiger partial charge in [-0.1, -0.05) is 51.7 Å². The summed E-state index contributed by atoms with van der Waals surface area (Å²) < 4.78 is 10.3. The molecule has 0 aliphatic heterocycles. The SMILES string of the molecule is C=CC(=O)OC(C)CCCCCCCCCCC(C)OC(=O)C=C. The van der Waals surface area contributed by atoms with Crippen molar-refractivity contribution in [2.75, 3.05) is 0 Å². The lowest BCUT2D eigenvalue weighted by Crippen LogP contribution is -2.12. The van der Waals surface area contributed by atoms with Crippen molar-refractivity contribution < 1.29 is 19.1 Å². The van der Waals surface area contributed by atoms with Crippen LogP contribution < -0.4 is 0 Å². The maximum absolute atomic E-state index is 11.0. The van der Waals surface area contributed by atoms with Gasteiger partial charge in [0.15, 0.2) is 0 Å². The molecule has 0 N–H and O–H groups in total. The second-order valence-electron chi connectivity index (χ2n) is 6.31. The van der Waals surface area contributed by atoms with Gasteiger partial charge in [-0.2, -0.15) is 0 Å². The third-order valence-corrected chi connectivity index (χ3v) is 3.94. The van der Waals surface area contributed by atoms with E-state index in [4.69, 9.17) is 9.47 Å². The van der Waals surface area contributed by atoms with Crippen LogP contribution in [-0.4, -0.2) is 24.1 Å². The van der Waals surface area contributed by atoms with E-state index < -0.39 is 0 Å². The maximum atomic E-state index is 11.0. The van der Waals surface area contributed by atoms with Crippen LogP contribution in [0.15, 0.2) is 25.3 Å². The van der Waals surface area contributed by atoms with Gasteiger partial charge in [-0.25, -0.2) is 9.59 Å². The van der Waals surface area contributed by atoms with E-state index in [2.05, 4.69) is 13.2 Å².